The molecular weight excluding hydrogens is 359 g/mol. The number of aryl methyl sites for hydroxylation is 1. The highest BCUT2D eigenvalue weighted by Crippen LogP contribution is 2.34. The van der Waals surface area contributed by atoms with E-state index in [2.05, 4.69) is 27.3 Å². The lowest BCUT2D eigenvalue weighted by atomic mass is 9.88. The summed E-state index contributed by atoms with van der Waals surface area (Å²) >= 11 is 5.95. The van der Waals surface area contributed by atoms with Crippen molar-refractivity contribution in [2.45, 2.75) is 32.4 Å². The molecule has 10 heteroatoms. The minimum Gasteiger partial charge on any atom is -0.488 e. The molecule has 0 fully saturated rings. The van der Waals surface area contributed by atoms with E-state index in [4.69, 9.17) is 16.3 Å². The summed E-state index contributed by atoms with van der Waals surface area (Å²) in [5.74, 6) is 0.813. The van der Waals surface area contributed by atoms with E-state index < -0.39 is 11.9 Å². The van der Waals surface area contributed by atoms with Crippen molar-refractivity contribution in [3.05, 3.63) is 28.4 Å². The van der Waals surface area contributed by atoms with E-state index in [0.29, 0.717) is 11.7 Å². The van der Waals surface area contributed by atoms with Crippen LogP contribution in [0.1, 0.15) is 30.3 Å². The molecule has 2 heterocycles. The zero-order valence-corrected chi connectivity index (χ0v) is 14.2. The van der Waals surface area contributed by atoms with Gasteiger partial charge in [0.2, 0.25) is 5.28 Å². The molecule has 0 aromatic carbocycles. The predicted molar refractivity (Wildman–Crippen MR) is 85.8 cm³/mol. The van der Waals surface area contributed by atoms with Crippen LogP contribution in [0, 0.1) is 5.92 Å². The number of H-pyrrole nitrogens is 1. The average Bonchev–Trinajstić information content (AvgIpc) is 3.00. The molecule has 1 aliphatic carbocycles. The maximum Gasteiger partial charge on any atom is 0.436 e. The number of hydrogen-bond donors (Lipinski definition) is 2. The number of aromatic nitrogens is 4. The van der Waals surface area contributed by atoms with Gasteiger partial charge in [0.25, 0.3) is 0 Å². The predicted octanol–water partition coefficient (Wildman–Crippen LogP) is 3.49. The molecule has 6 nitrogen and oxygen atoms in total. The van der Waals surface area contributed by atoms with E-state index in [1.165, 1.54) is 0 Å². The molecule has 0 saturated carbocycles. The Morgan fingerprint density at radius 1 is 1.40 bits per heavy atom. The van der Waals surface area contributed by atoms with E-state index >= 15 is 0 Å². The van der Waals surface area contributed by atoms with Crippen LogP contribution in [0.2, 0.25) is 5.28 Å². The van der Waals surface area contributed by atoms with E-state index in [1.54, 1.807) is 0 Å². The molecule has 136 valence electrons. The van der Waals surface area contributed by atoms with Crippen LogP contribution in [0.3, 0.4) is 0 Å². The molecule has 0 spiro atoms. The fourth-order valence-electron chi connectivity index (χ4n) is 2.82. The molecular formula is C15H17ClF3N5O. The highest BCUT2D eigenvalue weighted by atomic mass is 35.5. The first-order valence-corrected chi connectivity index (χ1v) is 8.25. The largest absolute Gasteiger partial charge is 0.488 e. The lowest BCUT2D eigenvalue weighted by Crippen LogP contribution is -2.20. The fraction of sp³-hybridized carbons (Fsp3) is 0.533. The molecule has 1 unspecified atom stereocenters. The van der Waals surface area contributed by atoms with Crippen LogP contribution in [0.5, 0.6) is 5.75 Å². The van der Waals surface area contributed by atoms with Crippen LogP contribution in [-0.4, -0.2) is 33.3 Å². The van der Waals surface area contributed by atoms with E-state index in [0.717, 1.165) is 36.7 Å². The van der Waals surface area contributed by atoms with Crippen molar-refractivity contribution >= 4 is 17.4 Å². The quantitative estimate of drug-likeness (QED) is 0.618. The lowest BCUT2D eigenvalue weighted by molar-refractivity contribution is -0.142. The number of halogens is 4. The topological polar surface area (TPSA) is 75.7 Å². The van der Waals surface area contributed by atoms with Gasteiger partial charge in [-0.1, -0.05) is 6.92 Å². The number of anilines is 1. The number of nitrogens with one attached hydrogen (secondary N) is 2. The third-order valence-electron chi connectivity index (χ3n) is 4.03. The molecule has 0 amide bonds. The molecule has 0 radical (unpaired) electrons. The van der Waals surface area contributed by atoms with Crippen LogP contribution < -0.4 is 10.1 Å². The molecule has 3 rings (SSSR count). The minimum atomic E-state index is -4.53. The van der Waals surface area contributed by atoms with E-state index in [9.17, 15) is 13.2 Å². The summed E-state index contributed by atoms with van der Waals surface area (Å²) in [6.45, 7) is 2.45. The number of alkyl halides is 3. The van der Waals surface area contributed by atoms with Gasteiger partial charge in [0.15, 0.2) is 11.4 Å². The monoisotopic (exact) mass is 375 g/mol. The van der Waals surface area contributed by atoms with Gasteiger partial charge < -0.3 is 10.1 Å². The van der Waals surface area contributed by atoms with Gasteiger partial charge in [0.1, 0.15) is 12.4 Å². The number of rotatable bonds is 5. The lowest BCUT2D eigenvalue weighted by Gasteiger charge is -2.23. The van der Waals surface area contributed by atoms with Gasteiger partial charge in [-0.25, -0.2) is 9.97 Å². The summed E-state index contributed by atoms with van der Waals surface area (Å²) in [6.07, 6.45) is -0.796. The van der Waals surface area contributed by atoms with Crippen LogP contribution in [-0.2, 0) is 19.0 Å². The molecule has 2 N–H and O–H groups in total. The number of fused-ring (bicyclic) bond motifs is 1. The maximum atomic E-state index is 12.7. The van der Waals surface area contributed by atoms with Crippen molar-refractivity contribution in [1.82, 2.24) is 20.2 Å². The Morgan fingerprint density at radius 3 is 2.96 bits per heavy atom. The molecule has 0 aliphatic heterocycles. The number of ether oxygens (including phenoxy) is 1. The minimum absolute atomic E-state index is 0.0224. The highest BCUT2D eigenvalue weighted by Gasteiger charge is 2.36. The zero-order chi connectivity index (χ0) is 18.0. The van der Waals surface area contributed by atoms with Crippen molar-refractivity contribution in [2.24, 2.45) is 5.92 Å². The molecule has 2 aromatic rings. The summed E-state index contributed by atoms with van der Waals surface area (Å²) < 4.78 is 43.3. The summed E-state index contributed by atoms with van der Waals surface area (Å²) in [4.78, 5) is 8.46. The smallest absolute Gasteiger partial charge is 0.436 e. The molecule has 0 saturated heterocycles. The van der Waals surface area contributed by atoms with Gasteiger partial charge in [-0.3, -0.25) is 5.10 Å². The van der Waals surface area contributed by atoms with Crippen molar-refractivity contribution in [2.75, 3.05) is 18.5 Å². The van der Waals surface area contributed by atoms with Gasteiger partial charge in [0.05, 0.1) is 18.4 Å². The Labute approximate surface area is 147 Å². The summed E-state index contributed by atoms with van der Waals surface area (Å²) in [5, 5.41) is 8.51. The summed E-state index contributed by atoms with van der Waals surface area (Å²) in [7, 11) is 0. The third-order valence-corrected chi connectivity index (χ3v) is 4.20. The van der Waals surface area contributed by atoms with Gasteiger partial charge >= 0.3 is 6.18 Å². The van der Waals surface area contributed by atoms with Gasteiger partial charge in [-0.2, -0.15) is 18.3 Å². The Morgan fingerprint density at radius 2 is 2.20 bits per heavy atom. The first-order chi connectivity index (χ1) is 11.8. The number of aromatic amines is 1. The van der Waals surface area contributed by atoms with Crippen molar-refractivity contribution < 1.29 is 17.9 Å². The van der Waals surface area contributed by atoms with Gasteiger partial charge in [0, 0.05) is 5.56 Å². The Kier molecular flexibility index (Phi) is 5.03. The third kappa shape index (κ3) is 4.15. The summed E-state index contributed by atoms with van der Waals surface area (Å²) in [5.41, 5.74) is 0.946. The SMILES string of the molecule is CC1CCc2nc(Cl)nc(NCCOc3cn[nH]c3C(F)(F)F)c2C1. The first-order valence-electron chi connectivity index (χ1n) is 7.87. The van der Waals surface area contributed by atoms with Crippen molar-refractivity contribution in [1.29, 1.82) is 0 Å². The first kappa shape index (κ1) is 17.8. The molecule has 1 aliphatic rings. The van der Waals surface area contributed by atoms with Crippen LogP contribution in [0.15, 0.2) is 6.20 Å². The molecule has 2 aromatic heterocycles. The second-order valence-electron chi connectivity index (χ2n) is 6.00. The van der Waals surface area contributed by atoms with Crippen LogP contribution >= 0.6 is 11.6 Å². The maximum absolute atomic E-state index is 12.7. The van der Waals surface area contributed by atoms with Crippen molar-refractivity contribution in [3.63, 3.8) is 0 Å². The standard InChI is InChI=1S/C15H17ClF3N5O/c1-8-2-3-10-9(6-8)13(23-14(16)22-10)20-4-5-25-11-7-21-24-12(11)15(17,18)19/h7-8H,2-6H2,1H3,(H,21,24)(H,20,22,23). The zero-order valence-electron chi connectivity index (χ0n) is 13.5. The second-order valence-corrected chi connectivity index (χ2v) is 6.33. The molecule has 25 heavy (non-hydrogen) atoms. The Bertz CT molecular complexity index is 749. The summed E-state index contributed by atoms with van der Waals surface area (Å²) in [6, 6.07) is 0. The fourth-order valence-corrected chi connectivity index (χ4v) is 3.01. The Balaban J connectivity index is 1.62. The van der Waals surface area contributed by atoms with Gasteiger partial charge in [-0.05, 0) is 36.8 Å². The van der Waals surface area contributed by atoms with Crippen LogP contribution in [0.4, 0.5) is 19.0 Å². The second kappa shape index (κ2) is 7.07. The number of hydrogen-bond acceptors (Lipinski definition) is 5. The molecule has 1 atom stereocenters. The van der Waals surface area contributed by atoms with Crippen LogP contribution in [0.25, 0.3) is 0 Å². The van der Waals surface area contributed by atoms with E-state index in [-0.39, 0.29) is 24.2 Å². The highest BCUT2D eigenvalue weighted by molar-refractivity contribution is 6.28. The Hall–Kier alpha value is -2.03. The van der Waals surface area contributed by atoms with Crippen molar-refractivity contribution in [3.8, 4) is 5.75 Å². The van der Waals surface area contributed by atoms with Gasteiger partial charge in [-0.15, -0.1) is 0 Å². The normalized spacial score (nSPS) is 17.2. The number of nitrogens with zero attached hydrogens (tertiary/aromatic N) is 3. The molecule has 0 bridgehead atoms. The van der Waals surface area contributed by atoms with E-state index in [1.807, 2.05) is 5.10 Å². The average molecular weight is 376 g/mol.